The maximum Gasteiger partial charge on any atom is 0.132 e. The van der Waals surface area contributed by atoms with Gasteiger partial charge in [0.2, 0.25) is 0 Å². The Hall–Kier alpha value is -2.08. The Balaban J connectivity index is 2.00. The van der Waals surface area contributed by atoms with Crippen LogP contribution in [0.5, 0.6) is 0 Å². The van der Waals surface area contributed by atoms with Gasteiger partial charge in [-0.3, -0.25) is 0 Å². The van der Waals surface area contributed by atoms with Crippen molar-refractivity contribution in [1.29, 1.82) is 0 Å². The van der Waals surface area contributed by atoms with Crippen LogP contribution in [-0.2, 0) is 6.54 Å². The third kappa shape index (κ3) is 3.46. The molecule has 0 spiro atoms. The number of hydrogen-bond donors (Lipinski definition) is 4. The van der Waals surface area contributed by atoms with Gasteiger partial charge in [-0.25, -0.2) is 9.97 Å². The smallest absolute Gasteiger partial charge is 0.132 e. The molecule has 96 valence electrons. The van der Waals surface area contributed by atoms with E-state index in [0.717, 1.165) is 24.0 Å². The highest BCUT2D eigenvalue weighted by molar-refractivity contribution is 5.47. The first-order chi connectivity index (χ1) is 8.78. The summed E-state index contributed by atoms with van der Waals surface area (Å²) in [6, 6.07) is 3.91. The molecular weight excluding hydrogens is 228 g/mol. The lowest BCUT2D eigenvalue weighted by Gasteiger charge is -2.09. The lowest BCUT2D eigenvalue weighted by atomic mass is 10.3. The first kappa shape index (κ1) is 12.4. The largest absolute Gasteiger partial charge is 0.369 e. The molecule has 2 aromatic rings. The van der Waals surface area contributed by atoms with Crippen molar-refractivity contribution in [3.8, 4) is 0 Å². The van der Waals surface area contributed by atoms with Crippen LogP contribution in [0.3, 0.4) is 0 Å². The molecule has 5 N–H and O–H groups in total. The van der Waals surface area contributed by atoms with Crippen molar-refractivity contribution < 1.29 is 0 Å². The number of anilines is 2. The Bertz CT molecular complexity index is 479. The van der Waals surface area contributed by atoms with Crippen LogP contribution in [0, 0.1) is 6.92 Å². The van der Waals surface area contributed by atoms with E-state index in [2.05, 4.69) is 25.6 Å². The fourth-order valence-corrected chi connectivity index (χ4v) is 1.61. The second-order valence-electron chi connectivity index (χ2n) is 3.97. The van der Waals surface area contributed by atoms with E-state index in [9.17, 15) is 0 Å². The predicted octanol–water partition coefficient (Wildman–Crippen LogP) is 1.10. The van der Waals surface area contributed by atoms with Crippen molar-refractivity contribution in [2.45, 2.75) is 13.5 Å². The van der Waals surface area contributed by atoms with Gasteiger partial charge in [0.15, 0.2) is 0 Å². The number of hydrogen-bond acceptors (Lipinski definition) is 5. The number of rotatable bonds is 6. The van der Waals surface area contributed by atoms with E-state index in [4.69, 9.17) is 5.73 Å². The number of H-pyrrole nitrogens is 1. The van der Waals surface area contributed by atoms with E-state index in [1.807, 2.05) is 31.5 Å². The molecule has 0 amide bonds. The molecule has 18 heavy (non-hydrogen) atoms. The molecule has 0 aliphatic heterocycles. The third-order valence-electron chi connectivity index (χ3n) is 2.42. The minimum Gasteiger partial charge on any atom is -0.369 e. The average Bonchev–Trinajstić information content (AvgIpc) is 2.86. The van der Waals surface area contributed by atoms with Crippen molar-refractivity contribution in [2.75, 3.05) is 23.7 Å². The van der Waals surface area contributed by atoms with Gasteiger partial charge in [0.25, 0.3) is 0 Å². The lowest BCUT2D eigenvalue weighted by Crippen LogP contribution is -2.14. The molecule has 0 radical (unpaired) electrons. The van der Waals surface area contributed by atoms with Gasteiger partial charge in [0.05, 0.1) is 0 Å². The van der Waals surface area contributed by atoms with Crippen molar-refractivity contribution in [3.63, 3.8) is 0 Å². The zero-order chi connectivity index (χ0) is 12.8. The topological polar surface area (TPSA) is 91.6 Å². The molecule has 0 aliphatic carbocycles. The summed E-state index contributed by atoms with van der Waals surface area (Å²) in [6.07, 6.45) is 3.85. The summed E-state index contributed by atoms with van der Waals surface area (Å²) in [5, 5.41) is 6.41. The normalized spacial score (nSPS) is 10.3. The molecule has 0 bridgehead atoms. The summed E-state index contributed by atoms with van der Waals surface area (Å²) in [6.45, 7) is 3.88. The second-order valence-corrected chi connectivity index (χ2v) is 3.97. The van der Waals surface area contributed by atoms with Gasteiger partial charge >= 0.3 is 0 Å². The molecular formula is C12H18N6. The fraction of sp³-hybridized carbons (Fsp3) is 0.333. The average molecular weight is 246 g/mol. The van der Waals surface area contributed by atoms with Crippen LogP contribution in [0.25, 0.3) is 0 Å². The highest BCUT2D eigenvalue weighted by Gasteiger charge is 2.01. The molecule has 2 aromatic heterocycles. The second kappa shape index (κ2) is 6.02. The van der Waals surface area contributed by atoms with E-state index in [-0.39, 0.29) is 0 Å². The molecule has 0 unspecified atom stereocenters. The van der Waals surface area contributed by atoms with Crippen LogP contribution in [-0.4, -0.2) is 28.0 Å². The van der Waals surface area contributed by atoms with Gasteiger partial charge in [-0.15, -0.1) is 0 Å². The van der Waals surface area contributed by atoms with Crippen LogP contribution < -0.4 is 16.4 Å². The molecule has 0 aromatic carbocycles. The van der Waals surface area contributed by atoms with Gasteiger partial charge in [-0.1, -0.05) is 0 Å². The predicted molar refractivity (Wildman–Crippen MR) is 72.4 cm³/mol. The van der Waals surface area contributed by atoms with E-state index in [1.165, 1.54) is 5.56 Å². The zero-order valence-electron chi connectivity index (χ0n) is 10.4. The minimum absolute atomic E-state index is 0.579. The summed E-state index contributed by atoms with van der Waals surface area (Å²) in [7, 11) is 0. The van der Waals surface area contributed by atoms with Crippen LogP contribution >= 0.6 is 0 Å². The molecule has 0 saturated heterocycles. The molecule has 2 rings (SSSR count). The van der Waals surface area contributed by atoms with Crippen LogP contribution in [0.2, 0.25) is 0 Å². The number of aryl methyl sites for hydroxylation is 1. The number of nitrogens with one attached hydrogen (secondary N) is 3. The molecule has 2 heterocycles. The van der Waals surface area contributed by atoms with Crippen LogP contribution in [0.1, 0.15) is 11.4 Å². The van der Waals surface area contributed by atoms with Crippen LogP contribution in [0.15, 0.2) is 24.5 Å². The summed E-state index contributed by atoms with van der Waals surface area (Å²) in [4.78, 5) is 11.6. The van der Waals surface area contributed by atoms with Crippen molar-refractivity contribution in [3.05, 3.63) is 35.9 Å². The first-order valence-electron chi connectivity index (χ1n) is 5.93. The van der Waals surface area contributed by atoms with Crippen molar-refractivity contribution in [1.82, 2.24) is 15.0 Å². The van der Waals surface area contributed by atoms with Gasteiger partial charge < -0.3 is 21.4 Å². The van der Waals surface area contributed by atoms with Crippen LogP contribution in [0.4, 0.5) is 11.6 Å². The maximum atomic E-state index is 5.45. The standard InChI is InChI=1S/C12H18N6/c1-9-17-11(15-5-3-13)6-12(18-9)16-8-10-2-4-14-7-10/h2,4,6-7,14H,3,5,8,13H2,1H3,(H2,15,16,17,18). The summed E-state index contributed by atoms with van der Waals surface area (Å²) >= 11 is 0. The minimum atomic E-state index is 0.579. The Morgan fingerprint density at radius 3 is 2.72 bits per heavy atom. The fourth-order valence-electron chi connectivity index (χ4n) is 1.61. The Labute approximate surface area is 106 Å². The molecule has 6 nitrogen and oxygen atoms in total. The van der Waals surface area contributed by atoms with Gasteiger partial charge in [-0.2, -0.15) is 0 Å². The van der Waals surface area contributed by atoms with Crippen molar-refractivity contribution >= 4 is 11.6 Å². The molecule has 0 aliphatic rings. The molecule has 0 saturated carbocycles. The van der Waals surface area contributed by atoms with Gasteiger partial charge in [0.1, 0.15) is 17.5 Å². The summed E-state index contributed by atoms with van der Waals surface area (Å²) < 4.78 is 0. The first-order valence-corrected chi connectivity index (χ1v) is 5.93. The Morgan fingerprint density at radius 1 is 1.28 bits per heavy atom. The number of aromatic amines is 1. The number of nitrogens with zero attached hydrogens (tertiary/aromatic N) is 2. The zero-order valence-corrected chi connectivity index (χ0v) is 10.4. The van der Waals surface area contributed by atoms with Gasteiger partial charge in [-0.05, 0) is 18.6 Å². The molecule has 0 fully saturated rings. The van der Waals surface area contributed by atoms with Gasteiger partial charge in [0, 0.05) is 38.1 Å². The SMILES string of the molecule is Cc1nc(NCCN)cc(NCc2cc[nH]c2)n1. The molecule has 0 atom stereocenters. The molecule has 6 heteroatoms. The summed E-state index contributed by atoms with van der Waals surface area (Å²) in [5.41, 5.74) is 6.63. The Morgan fingerprint density at radius 2 is 2.06 bits per heavy atom. The lowest BCUT2D eigenvalue weighted by molar-refractivity contribution is 0.979. The quantitative estimate of drug-likeness (QED) is 0.612. The maximum absolute atomic E-state index is 5.45. The van der Waals surface area contributed by atoms with E-state index in [0.29, 0.717) is 13.1 Å². The van der Waals surface area contributed by atoms with E-state index in [1.54, 1.807) is 0 Å². The monoisotopic (exact) mass is 246 g/mol. The number of aromatic nitrogens is 3. The Kier molecular flexibility index (Phi) is 4.14. The highest BCUT2D eigenvalue weighted by atomic mass is 15.1. The van der Waals surface area contributed by atoms with E-state index >= 15 is 0 Å². The van der Waals surface area contributed by atoms with E-state index < -0.39 is 0 Å². The van der Waals surface area contributed by atoms with Crippen molar-refractivity contribution in [2.24, 2.45) is 5.73 Å². The third-order valence-corrected chi connectivity index (χ3v) is 2.42. The number of nitrogens with two attached hydrogens (primary N) is 1. The highest BCUT2D eigenvalue weighted by Crippen LogP contribution is 2.12. The summed E-state index contributed by atoms with van der Waals surface area (Å²) in [5.74, 6) is 2.33.